The molecule has 0 aliphatic carbocycles. The molecule has 3 aromatic rings. The molecule has 0 radical (unpaired) electrons. The lowest BCUT2D eigenvalue weighted by molar-refractivity contribution is 0.0665. The first-order valence-electron chi connectivity index (χ1n) is 10.4. The summed E-state index contributed by atoms with van der Waals surface area (Å²) in [7, 11) is 0. The molecule has 5 heteroatoms. The lowest BCUT2D eigenvalue weighted by atomic mass is 10.1. The standard InChI is InChI=1S/C25H27FN2O2/c26-21-10-12-22(13-11-21)28-16-14-27(15-17-28)18-23(29)19-30-25-9-5-4-8-24(25)20-6-2-1-3-7-20/h1-13,23,29H,14-19H2. The zero-order valence-electron chi connectivity index (χ0n) is 17.0. The molecule has 1 atom stereocenters. The van der Waals surface area contributed by atoms with Crippen molar-refractivity contribution in [1.82, 2.24) is 4.90 Å². The van der Waals surface area contributed by atoms with Crippen LogP contribution in [0.3, 0.4) is 0 Å². The molecule has 4 nitrogen and oxygen atoms in total. The monoisotopic (exact) mass is 406 g/mol. The Morgan fingerprint density at radius 1 is 0.833 bits per heavy atom. The van der Waals surface area contributed by atoms with E-state index in [0.717, 1.165) is 48.7 Å². The molecule has 0 spiro atoms. The molecular weight excluding hydrogens is 379 g/mol. The summed E-state index contributed by atoms with van der Waals surface area (Å²) in [4.78, 5) is 4.49. The number of anilines is 1. The summed E-state index contributed by atoms with van der Waals surface area (Å²) in [6, 6.07) is 24.7. The van der Waals surface area contributed by atoms with E-state index in [1.165, 1.54) is 12.1 Å². The smallest absolute Gasteiger partial charge is 0.127 e. The van der Waals surface area contributed by atoms with Gasteiger partial charge in [-0.3, -0.25) is 4.90 Å². The van der Waals surface area contributed by atoms with E-state index >= 15 is 0 Å². The molecule has 0 bridgehead atoms. The minimum Gasteiger partial charge on any atom is -0.490 e. The first-order chi connectivity index (χ1) is 14.7. The van der Waals surface area contributed by atoms with Gasteiger partial charge in [-0.2, -0.15) is 0 Å². The van der Waals surface area contributed by atoms with Crippen LogP contribution in [0.4, 0.5) is 10.1 Å². The molecule has 1 aliphatic heterocycles. The molecule has 1 aliphatic rings. The highest BCUT2D eigenvalue weighted by Gasteiger charge is 2.20. The number of aliphatic hydroxyl groups excluding tert-OH is 1. The molecule has 0 amide bonds. The van der Waals surface area contributed by atoms with Crippen molar-refractivity contribution in [3.05, 3.63) is 84.7 Å². The normalized spacial score (nSPS) is 15.7. The molecule has 1 saturated heterocycles. The fourth-order valence-corrected chi connectivity index (χ4v) is 3.83. The van der Waals surface area contributed by atoms with Crippen LogP contribution in [0.2, 0.25) is 0 Å². The Morgan fingerprint density at radius 3 is 2.23 bits per heavy atom. The van der Waals surface area contributed by atoms with Gasteiger partial charge in [0.25, 0.3) is 0 Å². The van der Waals surface area contributed by atoms with E-state index in [1.807, 2.05) is 54.6 Å². The minimum absolute atomic E-state index is 0.214. The Hall–Kier alpha value is -2.89. The van der Waals surface area contributed by atoms with Crippen molar-refractivity contribution in [1.29, 1.82) is 0 Å². The van der Waals surface area contributed by atoms with E-state index in [4.69, 9.17) is 4.74 Å². The van der Waals surface area contributed by atoms with E-state index in [-0.39, 0.29) is 12.4 Å². The average molecular weight is 407 g/mol. The Balaban J connectivity index is 1.27. The Labute approximate surface area is 177 Å². The number of piperazine rings is 1. The van der Waals surface area contributed by atoms with Gasteiger partial charge in [0.2, 0.25) is 0 Å². The number of hydrogen-bond acceptors (Lipinski definition) is 4. The number of halogens is 1. The highest BCUT2D eigenvalue weighted by Crippen LogP contribution is 2.29. The van der Waals surface area contributed by atoms with Crippen LogP contribution in [0, 0.1) is 5.82 Å². The molecule has 30 heavy (non-hydrogen) atoms. The number of benzene rings is 3. The highest BCUT2D eigenvalue weighted by atomic mass is 19.1. The molecule has 3 aromatic carbocycles. The van der Waals surface area contributed by atoms with Crippen LogP contribution in [-0.2, 0) is 0 Å². The molecule has 1 heterocycles. The second kappa shape index (κ2) is 9.74. The maximum Gasteiger partial charge on any atom is 0.127 e. The maximum atomic E-state index is 13.1. The lowest BCUT2D eigenvalue weighted by Crippen LogP contribution is -2.49. The fourth-order valence-electron chi connectivity index (χ4n) is 3.83. The lowest BCUT2D eigenvalue weighted by Gasteiger charge is -2.36. The Bertz CT molecular complexity index is 925. The Morgan fingerprint density at radius 2 is 1.50 bits per heavy atom. The van der Waals surface area contributed by atoms with E-state index in [1.54, 1.807) is 0 Å². The van der Waals surface area contributed by atoms with E-state index in [9.17, 15) is 9.50 Å². The molecule has 0 saturated carbocycles. The van der Waals surface area contributed by atoms with Gasteiger partial charge < -0.3 is 14.7 Å². The number of aliphatic hydroxyl groups is 1. The zero-order chi connectivity index (χ0) is 20.8. The third kappa shape index (κ3) is 5.17. The summed E-state index contributed by atoms with van der Waals surface area (Å²) < 4.78 is 19.1. The van der Waals surface area contributed by atoms with Crippen molar-refractivity contribution < 1.29 is 14.2 Å². The number of ether oxygens (including phenoxy) is 1. The second-order valence-corrected chi connectivity index (χ2v) is 7.59. The predicted octanol–water partition coefficient (Wildman–Crippen LogP) is 4.05. The van der Waals surface area contributed by atoms with Crippen LogP contribution in [0.15, 0.2) is 78.9 Å². The third-order valence-electron chi connectivity index (χ3n) is 5.44. The second-order valence-electron chi connectivity index (χ2n) is 7.59. The van der Waals surface area contributed by atoms with Gasteiger partial charge in [0.05, 0.1) is 0 Å². The maximum absolute atomic E-state index is 13.1. The van der Waals surface area contributed by atoms with Gasteiger partial charge in [0.1, 0.15) is 24.3 Å². The molecule has 1 fully saturated rings. The summed E-state index contributed by atoms with van der Waals surface area (Å²) in [6.07, 6.45) is -0.564. The highest BCUT2D eigenvalue weighted by molar-refractivity contribution is 5.70. The minimum atomic E-state index is -0.564. The average Bonchev–Trinajstić information content (AvgIpc) is 2.80. The van der Waals surface area contributed by atoms with Crippen molar-refractivity contribution in [3.8, 4) is 16.9 Å². The molecule has 1 unspecified atom stereocenters. The summed E-state index contributed by atoms with van der Waals surface area (Å²) in [5.41, 5.74) is 3.16. The fraction of sp³-hybridized carbons (Fsp3) is 0.280. The predicted molar refractivity (Wildman–Crippen MR) is 118 cm³/mol. The van der Waals surface area contributed by atoms with Crippen molar-refractivity contribution in [2.75, 3.05) is 44.2 Å². The van der Waals surface area contributed by atoms with Crippen LogP contribution in [-0.4, -0.2) is 55.4 Å². The largest absolute Gasteiger partial charge is 0.490 e. The van der Waals surface area contributed by atoms with Gasteiger partial charge in [-0.1, -0.05) is 48.5 Å². The number of hydrogen-bond donors (Lipinski definition) is 1. The number of β-amino-alcohol motifs (C(OH)–C–C–N with tert-alkyl or cyclic N) is 1. The van der Waals surface area contributed by atoms with Gasteiger partial charge in [0.15, 0.2) is 0 Å². The van der Waals surface area contributed by atoms with Crippen LogP contribution < -0.4 is 9.64 Å². The van der Waals surface area contributed by atoms with Crippen LogP contribution in [0.25, 0.3) is 11.1 Å². The van der Waals surface area contributed by atoms with Crippen molar-refractivity contribution >= 4 is 5.69 Å². The quantitative estimate of drug-likeness (QED) is 0.642. The number of rotatable bonds is 7. The molecular formula is C25H27FN2O2. The first kappa shape index (κ1) is 20.4. The SMILES string of the molecule is OC(COc1ccccc1-c1ccccc1)CN1CCN(c2ccc(F)cc2)CC1. The van der Waals surface area contributed by atoms with Crippen molar-refractivity contribution in [2.24, 2.45) is 0 Å². The summed E-state index contributed by atoms with van der Waals surface area (Å²) in [6.45, 7) is 4.25. The van der Waals surface area contributed by atoms with Crippen LogP contribution in [0.5, 0.6) is 5.75 Å². The zero-order valence-corrected chi connectivity index (χ0v) is 17.0. The topological polar surface area (TPSA) is 35.9 Å². The molecule has 0 aromatic heterocycles. The number of para-hydroxylation sites is 1. The van der Waals surface area contributed by atoms with E-state index in [2.05, 4.69) is 21.9 Å². The first-order valence-corrected chi connectivity index (χ1v) is 10.4. The summed E-state index contributed by atoms with van der Waals surface area (Å²) in [5, 5.41) is 10.5. The van der Waals surface area contributed by atoms with Crippen molar-refractivity contribution in [3.63, 3.8) is 0 Å². The van der Waals surface area contributed by atoms with Gasteiger partial charge in [0, 0.05) is 44.0 Å². The van der Waals surface area contributed by atoms with Gasteiger partial charge in [-0.25, -0.2) is 4.39 Å². The Kier molecular flexibility index (Phi) is 6.62. The van der Waals surface area contributed by atoms with E-state index < -0.39 is 6.10 Å². The van der Waals surface area contributed by atoms with Gasteiger partial charge >= 0.3 is 0 Å². The third-order valence-corrected chi connectivity index (χ3v) is 5.44. The molecule has 156 valence electrons. The van der Waals surface area contributed by atoms with Crippen LogP contribution >= 0.6 is 0 Å². The van der Waals surface area contributed by atoms with Gasteiger partial charge in [-0.15, -0.1) is 0 Å². The van der Waals surface area contributed by atoms with Gasteiger partial charge in [-0.05, 0) is 35.9 Å². The summed E-state index contributed by atoms with van der Waals surface area (Å²) >= 11 is 0. The van der Waals surface area contributed by atoms with Crippen molar-refractivity contribution in [2.45, 2.75) is 6.10 Å². The molecule has 4 rings (SSSR count). The molecule has 1 N–H and O–H groups in total. The van der Waals surface area contributed by atoms with E-state index in [0.29, 0.717) is 6.54 Å². The van der Waals surface area contributed by atoms with Crippen LogP contribution in [0.1, 0.15) is 0 Å². The number of nitrogens with zero attached hydrogens (tertiary/aromatic N) is 2. The summed E-state index contributed by atoms with van der Waals surface area (Å²) in [5.74, 6) is 0.568.